The molecule has 0 aliphatic heterocycles. The van der Waals surface area contributed by atoms with Crippen molar-refractivity contribution in [1.82, 2.24) is 4.98 Å². The molecule has 0 fully saturated rings. The van der Waals surface area contributed by atoms with Crippen molar-refractivity contribution in [3.63, 3.8) is 0 Å². The van der Waals surface area contributed by atoms with E-state index in [4.69, 9.17) is 13.7 Å². The highest BCUT2D eigenvalue weighted by atomic mass is 32.2. The van der Waals surface area contributed by atoms with Crippen molar-refractivity contribution in [3.8, 4) is 5.75 Å². The molecule has 0 bridgehead atoms. The van der Waals surface area contributed by atoms with Crippen molar-refractivity contribution in [3.05, 3.63) is 53.3 Å². The average molecular weight is 365 g/mol. The molecule has 0 spiro atoms. The first-order valence-corrected chi connectivity index (χ1v) is 9.37. The van der Waals surface area contributed by atoms with Gasteiger partial charge >= 0.3 is 0 Å². The Morgan fingerprint density at radius 2 is 1.76 bits per heavy atom. The summed E-state index contributed by atoms with van der Waals surface area (Å²) in [6, 6.07) is 8.27. The van der Waals surface area contributed by atoms with Gasteiger partial charge in [0.15, 0.2) is 0 Å². The normalized spacial score (nSPS) is 11.5. The molecule has 0 N–H and O–H groups in total. The molecule has 7 heteroatoms. The van der Waals surface area contributed by atoms with Gasteiger partial charge in [0.05, 0.1) is 17.2 Å². The highest BCUT2D eigenvalue weighted by Gasteiger charge is 2.17. The molecule has 1 aromatic carbocycles. The lowest BCUT2D eigenvalue weighted by Gasteiger charge is -2.12. The first kappa shape index (κ1) is 19.4. The molecule has 0 amide bonds. The van der Waals surface area contributed by atoms with Gasteiger partial charge in [-0.3, -0.25) is 9.17 Å². The molecule has 0 saturated heterocycles. The van der Waals surface area contributed by atoms with Gasteiger partial charge in [-0.1, -0.05) is 17.7 Å². The molecular formula is C18H23NO5S. The summed E-state index contributed by atoms with van der Waals surface area (Å²) >= 11 is 0. The quantitative estimate of drug-likeness (QED) is 0.502. The van der Waals surface area contributed by atoms with Crippen LogP contribution in [0.15, 0.2) is 41.4 Å². The number of hydrogen-bond donors (Lipinski definition) is 0. The molecule has 0 atom stereocenters. The Bertz CT molecular complexity index is 788. The molecular weight excluding hydrogens is 342 g/mol. The molecule has 0 radical (unpaired) electrons. The third-order valence-electron chi connectivity index (χ3n) is 3.67. The van der Waals surface area contributed by atoms with Gasteiger partial charge in [0.25, 0.3) is 10.1 Å². The van der Waals surface area contributed by atoms with Crippen LogP contribution in [0.25, 0.3) is 0 Å². The van der Waals surface area contributed by atoms with Crippen LogP contribution >= 0.6 is 0 Å². The van der Waals surface area contributed by atoms with E-state index in [1.807, 2.05) is 13.8 Å². The van der Waals surface area contributed by atoms with E-state index in [1.165, 1.54) is 12.1 Å². The summed E-state index contributed by atoms with van der Waals surface area (Å²) in [6.07, 6.45) is 2.35. The average Bonchev–Trinajstić information content (AvgIpc) is 2.59. The number of methoxy groups -OCH3 is 1. The summed E-state index contributed by atoms with van der Waals surface area (Å²) in [5.41, 5.74) is 2.27. The first-order valence-electron chi connectivity index (χ1n) is 7.96. The van der Waals surface area contributed by atoms with Gasteiger partial charge < -0.3 is 9.47 Å². The minimum Gasteiger partial charge on any atom is -0.493 e. The lowest BCUT2D eigenvalue weighted by atomic mass is 10.2. The van der Waals surface area contributed by atoms with Gasteiger partial charge in [0.1, 0.15) is 12.4 Å². The monoisotopic (exact) mass is 365 g/mol. The van der Waals surface area contributed by atoms with Crippen molar-refractivity contribution in [1.29, 1.82) is 0 Å². The van der Waals surface area contributed by atoms with Crippen LogP contribution in [-0.4, -0.2) is 33.7 Å². The van der Waals surface area contributed by atoms with Crippen LogP contribution in [0.5, 0.6) is 5.75 Å². The molecule has 136 valence electrons. The van der Waals surface area contributed by atoms with Crippen LogP contribution in [0, 0.1) is 13.8 Å². The van der Waals surface area contributed by atoms with E-state index in [0.717, 1.165) is 17.5 Å². The topological polar surface area (TPSA) is 74.7 Å². The summed E-state index contributed by atoms with van der Waals surface area (Å²) in [4.78, 5) is 4.33. The second-order valence-corrected chi connectivity index (χ2v) is 7.22. The number of benzene rings is 1. The highest BCUT2D eigenvalue weighted by Crippen LogP contribution is 2.22. The summed E-state index contributed by atoms with van der Waals surface area (Å²) in [7, 11) is -2.19. The van der Waals surface area contributed by atoms with Crippen molar-refractivity contribution in [2.45, 2.75) is 31.8 Å². The van der Waals surface area contributed by atoms with Crippen LogP contribution in [0.3, 0.4) is 0 Å². The highest BCUT2D eigenvalue weighted by molar-refractivity contribution is 7.86. The SMILES string of the molecule is COCCCOc1ccnc(COS(=O)(=O)c2ccc(C)cc2)c1C. The van der Waals surface area contributed by atoms with Gasteiger partial charge in [-0.15, -0.1) is 0 Å². The summed E-state index contributed by atoms with van der Waals surface area (Å²) in [5.74, 6) is 0.664. The molecule has 0 aliphatic carbocycles. The number of aryl methyl sites for hydroxylation is 1. The number of pyridine rings is 1. The molecule has 2 rings (SSSR count). The zero-order chi connectivity index (χ0) is 18.3. The maximum Gasteiger partial charge on any atom is 0.297 e. The van der Waals surface area contributed by atoms with E-state index in [9.17, 15) is 8.42 Å². The fourth-order valence-corrected chi connectivity index (χ4v) is 3.02. The van der Waals surface area contributed by atoms with Gasteiger partial charge in [-0.05, 0) is 32.0 Å². The molecule has 1 aromatic heterocycles. The molecule has 1 heterocycles. The zero-order valence-electron chi connectivity index (χ0n) is 14.7. The minimum absolute atomic E-state index is 0.128. The third-order valence-corrected chi connectivity index (χ3v) is 4.95. The molecule has 0 unspecified atom stereocenters. The van der Waals surface area contributed by atoms with Crippen LogP contribution in [0.4, 0.5) is 0 Å². The van der Waals surface area contributed by atoms with Crippen LogP contribution in [0.2, 0.25) is 0 Å². The van der Waals surface area contributed by atoms with E-state index in [2.05, 4.69) is 4.98 Å². The van der Waals surface area contributed by atoms with Crippen molar-refractivity contribution in [2.75, 3.05) is 20.3 Å². The van der Waals surface area contributed by atoms with Gasteiger partial charge in [0.2, 0.25) is 0 Å². The fourth-order valence-electron chi connectivity index (χ4n) is 2.15. The Morgan fingerprint density at radius 1 is 1.04 bits per heavy atom. The third kappa shape index (κ3) is 5.52. The van der Waals surface area contributed by atoms with Crippen LogP contribution in [0.1, 0.15) is 23.2 Å². The van der Waals surface area contributed by atoms with Crippen molar-refractivity contribution < 1.29 is 22.1 Å². The predicted molar refractivity (Wildman–Crippen MR) is 94.1 cm³/mol. The first-order chi connectivity index (χ1) is 11.9. The Hall–Kier alpha value is -1.96. The lowest BCUT2D eigenvalue weighted by molar-refractivity contribution is 0.171. The Morgan fingerprint density at radius 3 is 2.44 bits per heavy atom. The smallest absolute Gasteiger partial charge is 0.297 e. The minimum atomic E-state index is -3.83. The van der Waals surface area contributed by atoms with Crippen LogP contribution < -0.4 is 4.74 Å². The van der Waals surface area contributed by atoms with Gasteiger partial charge in [-0.25, -0.2) is 0 Å². The predicted octanol–water partition coefficient (Wildman–Crippen LogP) is 3.02. The number of rotatable bonds is 9. The number of nitrogens with zero attached hydrogens (tertiary/aromatic N) is 1. The molecule has 2 aromatic rings. The summed E-state index contributed by atoms with van der Waals surface area (Å²) < 4.78 is 40.3. The number of ether oxygens (including phenoxy) is 2. The van der Waals surface area contributed by atoms with Gasteiger partial charge in [-0.2, -0.15) is 8.42 Å². The second kappa shape index (κ2) is 8.94. The van der Waals surface area contributed by atoms with E-state index < -0.39 is 10.1 Å². The lowest BCUT2D eigenvalue weighted by Crippen LogP contribution is -2.09. The maximum atomic E-state index is 12.3. The Kier molecular flexibility index (Phi) is 6.92. The van der Waals surface area contributed by atoms with Crippen molar-refractivity contribution >= 4 is 10.1 Å². The van der Waals surface area contributed by atoms with E-state index in [0.29, 0.717) is 24.7 Å². The standard InChI is InChI=1S/C18H23NO5S/c1-14-5-7-16(8-6-14)25(20,21)24-13-17-15(2)18(9-10-19-17)23-12-4-11-22-3/h5-10H,4,11-13H2,1-3H3. The van der Waals surface area contributed by atoms with Crippen molar-refractivity contribution in [2.24, 2.45) is 0 Å². The number of aromatic nitrogens is 1. The zero-order valence-corrected chi connectivity index (χ0v) is 15.5. The molecule has 25 heavy (non-hydrogen) atoms. The second-order valence-electron chi connectivity index (χ2n) is 5.60. The van der Waals surface area contributed by atoms with E-state index >= 15 is 0 Å². The molecule has 6 nitrogen and oxygen atoms in total. The fraction of sp³-hybridized carbons (Fsp3) is 0.389. The van der Waals surface area contributed by atoms with E-state index in [1.54, 1.807) is 31.5 Å². The van der Waals surface area contributed by atoms with Gasteiger partial charge in [0, 0.05) is 31.9 Å². The largest absolute Gasteiger partial charge is 0.493 e. The maximum absolute atomic E-state index is 12.3. The van der Waals surface area contributed by atoms with E-state index in [-0.39, 0.29) is 11.5 Å². The Balaban J connectivity index is 2.03. The molecule has 0 saturated carbocycles. The summed E-state index contributed by atoms with van der Waals surface area (Å²) in [5, 5.41) is 0. The summed E-state index contributed by atoms with van der Waals surface area (Å²) in [6.45, 7) is 4.71. The number of hydrogen-bond acceptors (Lipinski definition) is 6. The molecule has 0 aliphatic rings. The van der Waals surface area contributed by atoms with Crippen LogP contribution in [-0.2, 0) is 25.6 Å². The Labute approximate surface area is 148 Å².